The maximum absolute atomic E-state index is 0. The van der Waals surface area contributed by atoms with E-state index in [-0.39, 0.29) is 508 Å². The van der Waals surface area contributed by atoms with Crippen molar-refractivity contribution in [3.05, 3.63) is 0 Å². The molecule has 0 heterocycles. The Balaban J connectivity index is 0. The Hall–Kier alpha value is 12.6. The van der Waals surface area contributed by atoms with Crippen molar-refractivity contribution in [1.29, 1.82) is 0 Å². The summed E-state index contributed by atoms with van der Waals surface area (Å²) in [4.78, 5) is 0. The molecule has 0 aliphatic carbocycles. The van der Waals surface area contributed by atoms with Crippen LogP contribution in [0.3, 0.4) is 0 Å². The minimum absolute atomic E-state index is 0. The number of hydrogen-bond acceptors (Lipinski definition) is 18. The first-order valence-corrected chi connectivity index (χ1v) is 0. The second-order valence-corrected chi connectivity index (χ2v) is 0. The number of rotatable bonds is 0. The smallest absolute Gasteiger partial charge is 0.870 e. The van der Waals surface area contributed by atoms with Gasteiger partial charge in [-0.1, -0.05) is 0 Å². The van der Waals surface area contributed by atoms with Crippen LogP contribution in [0.1, 0.15) is 0 Å². The van der Waals surface area contributed by atoms with Crippen molar-refractivity contribution in [3.63, 3.8) is 0 Å². The van der Waals surface area contributed by atoms with Crippen molar-refractivity contribution in [2.75, 3.05) is 0 Å². The Morgan fingerprint density at radius 1 is 0.0741 bits per heavy atom. The van der Waals surface area contributed by atoms with Crippen LogP contribution in [0.25, 0.3) is 0 Å². The maximum Gasteiger partial charge on any atom is 2.00 e. The van der Waals surface area contributed by atoms with E-state index in [0.29, 0.717) is 0 Å². The fraction of sp³-hybridized carbons (Fsp3) is 0. The molecule has 0 aliphatic heterocycles. The summed E-state index contributed by atoms with van der Waals surface area (Å²) in [5.41, 5.74) is 0. The van der Waals surface area contributed by atoms with E-state index in [1.807, 2.05) is 0 Å². The molecule has 0 aromatic heterocycles. The topological polar surface area (TPSA) is 540 Å². The van der Waals surface area contributed by atoms with Gasteiger partial charge < -0.3 is 98.6 Å². The van der Waals surface area contributed by atoms with Gasteiger partial charge >= 0.3 is 409 Å². The molecular weight excluding hydrogens is 1080 g/mol. The van der Waals surface area contributed by atoms with Crippen molar-refractivity contribution in [1.82, 2.24) is 0 Å². The first-order chi connectivity index (χ1) is 0. The average Bonchev–Trinajstić information content (AvgIpc) is 0. The minimum Gasteiger partial charge on any atom is -0.870 e. The van der Waals surface area contributed by atoms with Crippen molar-refractivity contribution in [2.24, 2.45) is 0 Å². The zero-order chi connectivity index (χ0) is 0. The zero-order valence-corrected chi connectivity index (χ0v) is 45.7. The molecule has 0 aromatic carbocycles. The van der Waals surface area contributed by atoms with Crippen molar-refractivity contribution in [3.8, 4) is 0 Å². The number of hydrogen-bond donors (Lipinski definition) is 0. The van der Waals surface area contributed by atoms with E-state index in [1.54, 1.807) is 0 Å². The molecule has 0 rings (SSSR count). The van der Waals surface area contributed by atoms with Crippen molar-refractivity contribution < 1.29 is 98.6 Å². The van der Waals surface area contributed by atoms with Crippen LogP contribution < -0.4 is 0 Å². The maximum atomic E-state index is 0. The summed E-state index contributed by atoms with van der Waals surface area (Å²) >= 11 is 0. The van der Waals surface area contributed by atoms with Crippen LogP contribution in [0.5, 0.6) is 0 Å². The third-order valence-corrected chi connectivity index (χ3v) is 0. The van der Waals surface area contributed by atoms with Gasteiger partial charge in [-0.25, -0.2) is 0 Å². The van der Waals surface area contributed by atoms with E-state index < -0.39 is 0 Å². The average molecular weight is 1090 g/mol. The van der Waals surface area contributed by atoms with Crippen LogP contribution in [0.15, 0.2) is 0 Å². The van der Waals surface area contributed by atoms with Crippen LogP contribution >= 0.6 is 0 Å². The Labute approximate surface area is 491 Å². The molecular formula is H18O18Sr9. The molecule has 0 aromatic rings. The first-order valence-electron chi connectivity index (χ1n) is 0. The summed E-state index contributed by atoms with van der Waals surface area (Å²) in [5.74, 6) is 0. The predicted octanol–water partition coefficient (Wildman–Crippen LogP) is -6.61. The molecule has 18 nitrogen and oxygen atoms in total. The summed E-state index contributed by atoms with van der Waals surface area (Å²) in [6, 6.07) is 0. The second-order valence-electron chi connectivity index (χ2n) is 0. The predicted molar refractivity (Wildman–Crippen MR) is 86.6 cm³/mol. The van der Waals surface area contributed by atoms with Gasteiger partial charge in [0.15, 0.2) is 0 Å². The monoisotopic (exact) mass is 1100 g/mol. The first kappa shape index (κ1) is 372. The quantitative estimate of drug-likeness (QED) is 0.204. The summed E-state index contributed by atoms with van der Waals surface area (Å²) in [6.07, 6.45) is 0. The molecule has 27 heteroatoms. The molecule has 0 unspecified atom stereocenters. The van der Waals surface area contributed by atoms with Gasteiger partial charge in [-0.3, -0.25) is 0 Å². The van der Waals surface area contributed by atoms with Gasteiger partial charge in [0.1, 0.15) is 0 Å². The molecule has 0 radical (unpaired) electrons. The molecule has 18 N–H and O–H groups in total. The van der Waals surface area contributed by atoms with Crippen LogP contribution in [0.4, 0.5) is 0 Å². The standard InChI is InChI=1S/18H2O.9Sr/h18*1H2;;;;;;;;;/q;;;;;;;;;;;;;;;;;;9*+2/p-18. The van der Waals surface area contributed by atoms with Gasteiger partial charge in [-0.05, 0) is 0 Å². The van der Waals surface area contributed by atoms with Gasteiger partial charge in [-0.15, -0.1) is 0 Å². The largest absolute Gasteiger partial charge is 2.00 e. The SMILES string of the molecule is [OH-].[OH-].[OH-].[OH-].[OH-].[OH-].[OH-].[OH-].[OH-].[OH-].[OH-].[OH-].[OH-].[OH-].[OH-].[OH-].[OH-].[OH-].[Sr+2].[Sr+2].[Sr+2].[Sr+2].[Sr+2].[Sr+2].[Sr+2].[Sr+2].[Sr+2]. The summed E-state index contributed by atoms with van der Waals surface area (Å²) in [6.45, 7) is 0. The molecule has 27 heavy (non-hydrogen) atoms. The van der Waals surface area contributed by atoms with Gasteiger partial charge in [0.2, 0.25) is 0 Å². The normalized spacial score (nSPS) is 0. The van der Waals surface area contributed by atoms with Gasteiger partial charge in [0, 0.05) is 0 Å². The molecule has 0 bridgehead atoms. The molecule has 0 fully saturated rings. The second kappa shape index (κ2) is 344. The third-order valence-electron chi connectivity index (χ3n) is 0. The summed E-state index contributed by atoms with van der Waals surface area (Å²) in [5, 5.41) is 0. The molecule has 0 saturated carbocycles. The van der Waals surface area contributed by atoms with Crippen LogP contribution in [0, 0.1) is 0 Å². The Morgan fingerprint density at radius 3 is 0.0741 bits per heavy atom. The summed E-state index contributed by atoms with van der Waals surface area (Å²) < 4.78 is 0. The zero-order valence-electron chi connectivity index (χ0n) is 14.4. The Morgan fingerprint density at radius 2 is 0.0741 bits per heavy atom. The van der Waals surface area contributed by atoms with E-state index in [1.165, 1.54) is 0 Å². The van der Waals surface area contributed by atoms with Crippen molar-refractivity contribution in [2.45, 2.75) is 0 Å². The summed E-state index contributed by atoms with van der Waals surface area (Å²) in [7, 11) is 0. The van der Waals surface area contributed by atoms with Crippen LogP contribution in [-0.2, 0) is 0 Å². The molecule has 0 amide bonds. The third kappa shape index (κ3) is 326. The van der Waals surface area contributed by atoms with E-state index in [2.05, 4.69) is 0 Å². The molecule has 0 saturated heterocycles. The van der Waals surface area contributed by atoms with E-state index in [9.17, 15) is 0 Å². The molecule has 144 valence electrons. The molecule has 0 spiro atoms. The fourth-order valence-electron chi connectivity index (χ4n) is 0. The van der Waals surface area contributed by atoms with Crippen molar-refractivity contribution >= 4 is 409 Å². The van der Waals surface area contributed by atoms with Gasteiger partial charge in [0.25, 0.3) is 0 Å². The van der Waals surface area contributed by atoms with Crippen LogP contribution in [0.2, 0.25) is 0 Å². The Bertz CT molecular complexity index is 24.8. The van der Waals surface area contributed by atoms with Crippen LogP contribution in [-0.4, -0.2) is 508 Å². The van der Waals surface area contributed by atoms with Gasteiger partial charge in [0.05, 0.1) is 0 Å². The van der Waals surface area contributed by atoms with E-state index in [0.717, 1.165) is 0 Å². The Kier molecular flexibility index (Phi) is 4730. The fourth-order valence-corrected chi connectivity index (χ4v) is 0. The van der Waals surface area contributed by atoms with Gasteiger partial charge in [-0.2, -0.15) is 0 Å². The minimum atomic E-state index is 0. The molecule has 0 atom stereocenters. The van der Waals surface area contributed by atoms with E-state index >= 15 is 0 Å². The molecule has 0 aliphatic rings. The van der Waals surface area contributed by atoms with E-state index in [4.69, 9.17) is 0 Å².